The van der Waals surface area contributed by atoms with E-state index in [-0.39, 0.29) is 23.5 Å². The van der Waals surface area contributed by atoms with Crippen molar-refractivity contribution in [2.45, 2.75) is 50.2 Å². The van der Waals surface area contributed by atoms with Crippen molar-refractivity contribution in [2.75, 3.05) is 7.05 Å². The van der Waals surface area contributed by atoms with Crippen molar-refractivity contribution < 1.29 is 9.90 Å². The van der Waals surface area contributed by atoms with Gasteiger partial charge in [-0.3, -0.25) is 4.79 Å². The molecule has 1 amide bonds. The van der Waals surface area contributed by atoms with E-state index in [9.17, 15) is 9.90 Å². The van der Waals surface area contributed by atoms with Gasteiger partial charge in [0, 0.05) is 35.0 Å². The van der Waals surface area contributed by atoms with Gasteiger partial charge >= 0.3 is 0 Å². The third-order valence-corrected chi connectivity index (χ3v) is 6.35. The van der Waals surface area contributed by atoms with Crippen molar-refractivity contribution in [3.8, 4) is 11.7 Å². The van der Waals surface area contributed by atoms with E-state index in [0.717, 1.165) is 23.6 Å². The van der Waals surface area contributed by atoms with Gasteiger partial charge in [-0.15, -0.1) is 5.10 Å². The summed E-state index contributed by atoms with van der Waals surface area (Å²) in [5, 5.41) is 27.7. The summed E-state index contributed by atoms with van der Waals surface area (Å²) < 4.78 is 1.27. The highest BCUT2D eigenvalue weighted by Crippen LogP contribution is 2.32. The summed E-state index contributed by atoms with van der Waals surface area (Å²) in [6, 6.07) is 10.2. The molecule has 0 spiro atoms. The molecule has 0 aliphatic carbocycles. The van der Waals surface area contributed by atoms with E-state index in [2.05, 4.69) is 32.6 Å². The van der Waals surface area contributed by atoms with Gasteiger partial charge in [-0.25, -0.2) is 0 Å². The molecule has 0 radical (unpaired) electrons. The third kappa shape index (κ3) is 3.23. The fourth-order valence-corrected chi connectivity index (χ4v) is 4.80. The number of piperidine rings is 2. The van der Waals surface area contributed by atoms with Gasteiger partial charge in [0.15, 0.2) is 11.5 Å². The smallest absolute Gasteiger partial charge is 0.272 e. The minimum absolute atomic E-state index is 0.138. The van der Waals surface area contributed by atoms with Crippen LogP contribution in [-0.2, 0) is 0 Å². The number of aromatic nitrogens is 4. The third-order valence-electron chi connectivity index (χ3n) is 6.35. The molecule has 2 saturated heterocycles. The summed E-state index contributed by atoms with van der Waals surface area (Å²) in [5.74, 6) is -0.00519. The lowest BCUT2D eigenvalue weighted by Gasteiger charge is -2.47. The summed E-state index contributed by atoms with van der Waals surface area (Å²) >= 11 is 0. The first-order valence-electron chi connectivity index (χ1n) is 10.1. The number of carbonyl (C=O) groups is 1. The van der Waals surface area contributed by atoms with Crippen LogP contribution in [0.4, 0.5) is 0 Å². The zero-order valence-electron chi connectivity index (χ0n) is 16.3. The highest BCUT2D eigenvalue weighted by Gasteiger charge is 2.36. The molecular formula is C21H24N6O2. The molecule has 29 heavy (non-hydrogen) atoms. The molecule has 2 N–H and O–H groups in total. The number of nitrogens with zero attached hydrogens (tertiary/aromatic N) is 5. The molecule has 1 aromatic carbocycles. The second-order valence-corrected chi connectivity index (χ2v) is 8.10. The predicted octanol–water partition coefficient (Wildman–Crippen LogP) is 2.27. The highest BCUT2D eigenvalue weighted by atomic mass is 16.3. The number of benzene rings is 1. The topological polar surface area (TPSA) is 96.2 Å². The largest absolute Gasteiger partial charge is 0.493 e. The molecule has 8 nitrogen and oxygen atoms in total. The van der Waals surface area contributed by atoms with Gasteiger partial charge < -0.3 is 15.3 Å². The fourth-order valence-electron chi connectivity index (χ4n) is 4.80. The maximum absolute atomic E-state index is 12.8. The molecular weight excluding hydrogens is 368 g/mol. The van der Waals surface area contributed by atoms with Gasteiger partial charge in [0.25, 0.3) is 5.91 Å². The second kappa shape index (κ2) is 7.11. The van der Waals surface area contributed by atoms with Crippen molar-refractivity contribution >= 4 is 16.7 Å². The molecule has 0 saturated carbocycles. The van der Waals surface area contributed by atoms with Gasteiger partial charge in [-0.05, 0) is 32.7 Å². The SMILES string of the molecule is CN1[C@@H]2CCC[C@H]1C[C@@H](NC(=O)c1cc(O)n(-c3nncc4ccccc34)n1)C2. The summed E-state index contributed by atoms with van der Waals surface area (Å²) in [4.78, 5) is 15.3. The molecule has 2 aliphatic heterocycles. The van der Waals surface area contributed by atoms with Crippen LogP contribution in [0.25, 0.3) is 16.6 Å². The predicted molar refractivity (Wildman–Crippen MR) is 108 cm³/mol. The molecule has 3 aromatic rings. The van der Waals surface area contributed by atoms with Crippen molar-refractivity contribution in [3.05, 3.63) is 42.2 Å². The Morgan fingerprint density at radius 2 is 1.97 bits per heavy atom. The van der Waals surface area contributed by atoms with Crippen molar-refractivity contribution in [1.29, 1.82) is 0 Å². The van der Waals surface area contributed by atoms with Crippen LogP contribution in [0, 0.1) is 0 Å². The minimum atomic E-state index is -0.264. The molecule has 2 fully saturated rings. The van der Waals surface area contributed by atoms with Gasteiger partial charge in [-0.1, -0.05) is 30.7 Å². The average Bonchev–Trinajstić information content (AvgIpc) is 3.10. The van der Waals surface area contributed by atoms with E-state index >= 15 is 0 Å². The molecule has 3 atom stereocenters. The van der Waals surface area contributed by atoms with Crippen LogP contribution in [0.3, 0.4) is 0 Å². The van der Waals surface area contributed by atoms with Crippen molar-refractivity contribution in [3.63, 3.8) is 0 Å². The van der Waals surface area contributed by atoms with Crippen LogP contribution in [0.1, 0.15) is 42.6 Å². The normalized spacial score (nSPS) is 24.5. The lowest BCUT2D eigenvalue weighted by molar-refractivity contribution is 0.0462. The monoisotopic (exact) mass is 392 g/mol. The number of hydrogen-bond acceptors (Lipinski definition) is 6. The average molecular weight is 392 g/mol. The molecule has 150 valence electrons. The lowest BCUT2D eigenvalue weighted by Crippen LogP contribution is -2.55. The number of hydrogen-bond donors (Lipinski definition) is 2. The molecule has 4 heterocycles. The van der Waals surface area contributed by atoms with E-state index in [1.165, 1.54) is 30.0 Å². The number of fused-ring (bicyclic) bond motifs is 3. The Kier molecular flexibility index (Phi) is 4.43. The Morgan fingerprint density at radius 3 is 2.76 bits per heavy atom. The summed E-state index contributed by atoms with van der Waals surface area (Å²) in [6.45, 7) is 0. The van der Waals surface area contributed by atoms with Crippen LogP contribution < -0.4 is 5.32 Å². The zero-order valence-corrected chi connectivity index (χ0v) is 16.3. The first-order chi connectivity index (χ1) is 14.1. The van der Waals surface area contributed by atoms with Gasteiger partial charge in [0.2, 0.25) is 5.88 Å². The molecule has 5 rings (SSSR count). The molecule has 2 aliphatic rings. The van der Waals surface area contributed by atoms with E-state index in [1.807, 2.05) is 24.3 Å². The Hall–Kier alpha value is -3.00. The Morgan fingerprint density at radius 1 is 1.21 bits per heavy atom. The van der Waals surface area contributed by atoms with Crippen molar-refractivity contribution in [2.24, 2.45) is 0 Å². The molecule has 2 aromatic heterocycles. The van der Waals surface area contributed by atoms with Crippen LogP contribution in [0.15, 0.2) is 36.5 Å². The first kappa shape index (κ1) is 18.1. The maximum Gasteiger partial charge on any atom is 0.272 e. The zero-order chi connectivity index (χ0) is 20.0. The Balaban J connectivity index is 1.38. The van der Waals surface area contributed by atoms with E-state index in [4.69, 9.17) is 0 Å². The van der Waals surface area contributed by atoms with Gasteiger partial charge in [-0.2, -0.15) is 14.9 Å². The van der Waals surface area contributed by atoms with Crippen LogP contribution in [-0.4, -0.2) is 61.1 Å². The number of carbonyl (C=O) groups excluding carboxylic acids is 1. The molecule has 2 bridgehead atoms. The maximum atomic E-state index is 12.8. The fraction of sp³-hybridized carbons (Fsp3) is 0.429. The van der Waals surface area contributed by atoms with Crippen LogP contribution >= 0.6 is 0 Å². The Bertz CT molecular complexity index is 1050. The van der Waals surface area contributed by atoms with Gasteiger partial charge in [0.1, 0.15) is 0 Å². The van der Waals surface area contributed by atoms with E-state index in [1.54, 1.807) is 6.20 Å². The summed E-state index contributed by atoms with van der Waals surface area (Å²) in [5.41, 5.74) is 0.182. The van der Waals surface area contributed by atoms with E-state index < -0.39 is 0 Å². The van der Waals surface area contributed by atoms with Crippen molar-refractivity contribution in [1.82, 2.24) is 30.2 Å². The number of rotatable bonds is 3. The van der Waals surface area contributed by atoms with E-state index in [0.29, 0.717) is 17.9 Å². The first-order valence-corrected chi connectivity index (χ1v) is 10.1. The van der Waals surface area contributed by atoms with Crippen LogP contribution in [0.2, 0.25) is 0 Å². The number of amides is 1. The summed E-state index contributed by atoms with van der Waals surface area (Å²) in [7, 11) is 2.19. The van der Waals surface area contributed by atoms with Gasteiger partial charge in [0.05, 0.1) is 6.20 Å². The quantitative estimate of drug-likeness (QED) is 0.710. The molecule has 8 heteroatoms. The number of aromatic hydroxyl groups is 1. The minimum Gasteiger partial charge on any atom is -0.493 e. The lowest BCUT2D eigenvalue weighted by atomic mass is 9.82. The van der Waals surface area contributed by atoms with Crippen LogP contribution in [0.5, 0.6) is 5.88 Å². The standard InChI is InChI=1S/C21H24N6O2/c1-26-15-6-4-7-16(26)10-14(9-15)23-21(29)18-11-19(28)27(25-18)20-17-8-3-2-5-13(17)12-22-24-20/h2-3,5,8,11-12,14-16,28H,4,6-7,9-10H2,1H3,(H,23,29)/t14-,15+,16-. The highest BCUT2D eigenvalue weighted by molar-refractivity contribution is 5.93. The summed E-state index contributed by atoms with van der Waals surface area (Å²) in [6.07, 6.45) is 7.22. The molecule has 0 unspecified atom stereocenters. The Labute approximate surface area is 168 Å². The second-order valence-electron chi connectivity index (χ2n) is 8.10. The number of nitrogens with one attached hydrogen (secondary N) is 1.